The normalized spacial score (nSPS) is 35.2. The van der Waals surface area contributed by atoms with Crippen LogP contribution in [0.2, 0.25) is 0 Å². The van der Waals surface area contributed by atoms with Crippen molar-refractivity contribution in [1.82, 2.24) is 31.9 Å². The van der Waals surface area contributed by atoms with Crippen molar-refractivity contribution in [2.75, 3.05) is 91.5 Å². The van der Waals surface area contributed by atoms with Gasteiger partial charge in [0.25, 0.3) is 0 Å². The summed E-state index contributed by atoms with van der Waals surface area (Å²) in [6.07, 6.45) is -34.0. The molecule has 6 aliphatic rings. The van der Waals surface area contributed by atoms with Crippen molar-refractivity contribution in [3.63, 3.8) is 0 Å². The molecule has 6 fully saturated rings. The first-order valence-corrected chi connectivity index (χ1v) is 32.7. The van der Waals surface area contributed by atoms with E-state index in [-0.39, 0.29) is 142 Å². The summed E-state index contributed by atoms with van der Waals surface area (Å²) in [5.74, 6) is -1.54. The number of nitrogens with one attached hydrogen (secondary N) is 6. The first-order chi connectivity index (χ1) is 43.1. The number of carbonyl (C=O) groups excluding carboxylic acids is 5. The first kappa shape index (κ1) is 83.9. The molecule has 44 heteroatoms. The largest absolute Gasteiger partial charge is 1.00 e. The van der Waals surface area contributed by atoms with E-state index in [4.69, 9.17) is 52.1 Å². The van der Waals surface area contributed by atoms with E-state index >= 15 is 0 Å². The fraction of sp³-hybridized carbons (Fsp3) is 0.898. The van der Waals surface area contributed by atoms with Gasteiger partial charge in [0.15, 0.2) is 25.2 Å². The number of hydrogen-bond acceptors (Lipinski definition) is 34. The number of amides is 6. The Morgan fingerprint density at radius 3 is 1.63 bits per heavy atom. The van der Waals surface area contributed by atoms with Crippen LogP contribution in [-0.4, -0.2) is 333 Å². The molecule has 20 unspecified atom stereocenters. The molecule has 0 aliphatic carbocycles. The molecular weight excluding hydrogens is 1340 g/mol. The van der Waals surface area contributed by atoms with Gasteiger partial charge in [-0.1, -0.05) is 6.42 Å². The van der Waals surface area contributed by atoms with Crippen LogP contribution in [0, 0.1) is 0 Å². The van der Waals surface area contributed by atoms with Crippen LogP contribution in [0.25, 0.3) is 0 Å². The summed E-state index contributed by atoms with van der Waals surface area (Å²) < 4.78 is 141. The zero-order valence-corrected chi connectivity index (χ0v) is 57.7. The fourth-order valence-electron chi connectivity index (χ4n) is 10.5. The molecule has 0 aromatic carbocycles. The molecular formula is C49H82N6Na2O33S3. The minimum atomic E-state index is -5.55. The van der Waals surface area contributed by atoms with Gasteiger partial charge in [0.1, 0.15) is 104 Å². The molecule has 0 spiro atoms. The summed E-state index contributed by atoms with van der Waals surface area (Å²) in [4.78, 5) is 61.8. The molecule has 6 saturated heterocycles. The van der Waals surface area contributed by atoms with Crippen LogP contribution in [0.3, 0.4) is 0 Å². The Hall–Kier alpha value is -1.56. The van der Waals surface area contributed by atoms with E-state index in [1.807, 2.05) is 11.8 Å². The molecule has 0 aromatic rings. The van der Waals surface area contributed by atoms with Gasteiger partial charge < -0.3 is 139 Å². The van der Waals surface area contributed by atoms with E-state index in [2.05, 4.69) is 40.3 Å². The van der Waals surface area contributed by atoms with Crippen molar-refractivity contribution in [3.05, 3.63) is 0 Å². The zero-order valence-electron chi connectivity index (χ0n) is 51.3. The summed E-state index contributed by atoms with van der Waals surface area (Å²) in [5, 5.41) is 115. The van der Waals surface area contributed by atoms with Gasteiger partial charge in [-0.3, -0.25) is 27.5 Å². The number of aliphatic hydroxyl groups excluding tert-OH is 9. The standard InChI is InChI=1S/C49H84N6O33S3.2Na/c1-22(58)52-33-42(87-48-41(68)44(36(63)26(17-57)83-48)88-46-34(53-23(2)59)43(38(65)28(85-46)19-81-91(73,74)75)86-47-40(67)39(66)35(62)25(16-56)82-47)37(64)27(18-80-90(70,71)72)84-45(33)79-10-5-8-50-31(61)20-78-15-14-77-13-12-76-11-9-51-30(60)7-4-3-6-29-32-24(21-89-29)54-49(69)55-32;;/h24-29,32-48,56-57,62-68H,3-21H2,1-2H3,(H,50,61)(H,51,60)(H,52,58)(H,53,59)(H2,54,55,69)(H,70,71,72)(H,73,74,75);;/q;2*+1/p-2/t24-,25?,26?,27?,28?,29-,32-,33?,34?,35?,36?,37?,38?,39?,40?,41?,42?,43?,44?,45?,46?,47?,48?;;/m0../s1. The molecule has 0 aromatic heterocycles. The van der Waals surface area contributed by atoms with Gasteiger partial charge in [0, 0.05) is 44.4 Å². The Kier molecular flexibility index (Phi) is 36.6. The summed E-state index contributed by atoms with van der Waals surface area (Å²) in [6.45, 7) is -2.24. The van der Waals surface area contributed by atoms with E-state index in [9.17, 15) is 95.9 Å². The monoisotopic (exact) mass is 1420 g/mol. The SMILES string of the molecule is CC(=O)NC1C(OC2C(O)C(CO)OC(OC3C(O)C(COS(=O)(=O)[O-])OC(OCCCNC(=O)COCCOCCOCCNC(=O)CCCC[C@@H]4SC[C@@H]5NC(=O)N[C@@H]54)C3NC(C)=O)C2O)OC(COS(=O)(=O)[O-])C(O)C1OC1OC(CO)C(O)C(O)C1O.[Na+].[Na+]. The molecule has 6 rings (SSSR count). The predicted octanol–water partition coefficient (Wildman–Crippen LogP) is -16.1. The van der Waals surface area contributed by atoms with Gasteiger partial charge in [-0.2, -0.15) is 11.8 Å². The van der Waals surface area contributed by atoms with Crippen LogP contribution < -0.4 is 91.0 Å². The Labute approximate surface area is 583 Å². The van der Waals surface area contributed by atoms with Crippen LogP contribution in [0.4, 0.5) is 4.79 Å². The number of thioether (sulfide) groups is 1. The van der Waals surface area contributed by atoms with Crippen molar-refractivity contribution in [2.24, 2.45) is 0 Å². The molecule has 6 amide bonds. The molecule has 6 aliphatic heterocycles. The smallest absolute Gasteiger partial charge is 0.726 e. The number of rotatable bonds is 37. The van der Waals surface area contributed by atoms with Gasteiger partial charge in [-0.25, -0.2) is 21.6 Å². The fourth-order valence-corrected chi connectivity index (χ4v) is 12.7. The van der Waals surface area contributed by atoms with E-state index in [0.717, 1.165) is 38.9 Å². The van der Waals surface area contributed by atoms with Gasteiger partial charge >= 0.3 is 65.1 Å². The Bertz CT molecular complexity index is 2550. The van der Waals surface area contributed by atoms with E-state index in [0.29, 0.717) is 18.2 Å². The molecule has 6 heterocycles. The number of aliphatic hydroxyl groups is 9. The quantitative estimate of drug-likeness (QED) is 0.00903. The van der Waals surface area contributed by atoms with Crippen molar-refractivity contribution in [1.29, 1.82) is 0 Å². The second-order valence-corrected chi connectivity index (χ2v) is 25.1. The number of hydrogen-bond donors (Lipinski definition) is 15. The summed E-state index contributed by atoms with van der Waals surface area (Å²) in [7, 11) is -11.0. The van der Waals surface area contributed by atoms with Gasteiger partial charge in [-0.05, 0) is 19.3 Å². The van der Waals surface area contributed by atoms with Crippen molar-refractivity contribution < 1.29 is 215 Å². The molecule has 15 N–H and O–H groups in total. The molecule has 0 bridgehead atoms. The third kappa shape index (κ3) is 26.2. The maximum absolute atomic E-state index is 12.7. The summed E-state index contributed by atoms with van der Waals surface area (Å²) in [5.41, 5.74) is 0. The summed E-state index contributed by atoms with van der Waals surface area (Å²) >= 11 is 1.83. The van der Waals surface area contributed by atoms with E-state index in [1.54, 1.807) is 0 Å². The third-order valence-electron chi connectivity index (χ3n) is 14.9. The van der Waals surface area contributed by atoms with E-state index < -0.39 is 188 Å². The van der Waals surface area contributed by atoms with Crippen LogP contribution in [0.5, 0.6) is 0 Å². The molecule has 526 valence electrons. The van der Waals surface area contributed by atoms with Crippen LogP contribution in [-0.2, 0) is 100 Å². The van der Waals surface area contributed by atoms with Crippen LogP contribution in [0.15, 0.2) is 0 Å². The predicted molar refractivity (Wildman–Crippen MR) is 295 cm³/mol. The molecule has 93 heavy (non-hydrogen) atoms. The van der Waals surface area contributed by atoms with Crippen molar-refractivity contribution in [3.8, 4) is 0 Å². The zero-order chi connectivity index (χ0) is 66.7. The molecule has 0 saturated carbocycles. The molecule has 39 nitrogen and oxygen atoms in total. The van der Waals surface area contributed by atoms with Crippen molar-refractivity contribution >= 4 is 62.2 Å². The molecule has 0 radical (unpaired) electrons. The Balaban J connectivity index is 0.00000922. The number of fused-ring (bicyclic) bond motifs is 1. The number of unbranched alkanes of at least 4 members (excludes halogenated alkanes) is 1. The average Bonchev–Trinajstić information content (AvgIpc) is 1.01. The topological polar surface area (TPSA) is 574 Å². The van der Waals surface area contributed by atoms with Crippen LogP contribution in [0.1, 0.15) is 46.0 Å². The first-order valence-electron chi connectivity index (χ1n) is 29.0. The van der Waals surface area contributed by atoms with Gasteiger partial charge in [0.2, 0.25) is 44.4 Å². The van der Waals surface area contributed by atoms with E-state index in [1.165, 1.54) is 0 Å². The average molecular weight is 1430 g/mol. The maximum Gasteiger partial charge on any atom is 1.00 e. The van der Waals surface area contributed by atoms with Crippen molar-refractivity contribution in [2.45, 2.75) is 186 Å². The minimum Gasteiger partial charge on any atom is -0.726 e. The Morgan fingerprint density at radius 1 is 0.570 bits per heavy atom. The Morgan fingerprint density at radius 2 is 1.06 bits per heavy atom. The van der Waals surface area contributed by atoms with Crippen LogP contribution >= 0.6 is 11.8 Å². The number of ether oxygens (including phenoxy) is 11. The second-order valence-electron chi connectivity index (χ2n) is 21.7. The third-order valence-corrected chi connectivity index (χ3v) is 17.3. The van der Waals surface area contributed by atoms with Gasteiger partial charge in [0.05, 0.1) is 78.2 Å². The molecule has 23 atom stereocenters. The number of urea groups is 1. The van der Waals surface area contributed by atoms with Gasteiger partial charge in [-0.15, -0.1) is 0 Å². The second kappa shape index (κ2) is 40.6. The minimum absolute atomic E-state index is 0. The maximum atomic E-state index is 12.7. The number of carbonyl (C=O) groups is 5. The summed E-state index contributed by atoms with van der Waals surface area (Å²) in [6, 6.07) is -3.43.